The Kier molecular flexibility index (Phi) is 5.84. The van der Waals surface area contributed by atoms with Crippen LogP contribution in [0.2, 0.25) is 0 Å². The minimum absolute atomic E-state index is 0.171. The van der Waals surface area contributed by atoms with E-state index >= 15 is 0 Å². The zero-order chi connectivity index (χ0) is 21.1. The third kappa shape index (κ3) is 3.82. The molecule has 3 atom stereocenters. The number of likely N-dealkylation sites (tertiary alicyclic amines) is 1. The first-order valence-corrected chi connectivity index (χ1v) is 10.3. The van der Waals surface area contributed by atoms with Gasteiger partial charge in [0.1, 0.15) is 11.9 Å². The second-order valence-corrected chi connectivity index (χ2v) is 7.95. The molecule has 2 aromatic carbocycles. The third-order valence-electron chi connectivity index (χ3n) is 6.11. The Morgan fingerprint density at radius 2 is 1.90 bits per heavy atom. The average Bonchev–Trinajstić information content (AvgIpc) is 3.27. The molecule has 0 unspecified atom stereocenters. The topological polar surface area (TPSA) is 64.3 Å². The molecule has 1 saturated heterocycles. The zero-order valence-corrected chi connectivity index (χ0v) is 16.6. The minimum Gasteiger partial charge on any atom is -0.394 e. The van der Waals surface area contributed by atoms with Crippen LogP contribution >= 0.6 is 0 Å². The Morgan fingerprint density at radius 1 is 1.17 bits per heavy atom. The lowest BCUT2D eigenvalue weighted by Gasteiger charge is -2.51. The summed E-state index contributed by atoms with van der Waals surface area (Å²) >= 11 is 0. The van der Waals surface area contributed by atoms with Crippen LogP contribution in [0.3, 0.4) is 0 Å². The molecule has 2 aliphatic rings. The molecule has 1 amide bonds. The summed E-state index contributed by atoms with van der Waals surface area (Å²) < 4.78 is 13.5. The van der Waals surface area contributed by atoms with Gasteiger partial charge >= 0.3 is 0 Å². The number of nitriles is 1. The first-order chi connectivity index (χ1) is 14.6. The molecule has 2 aromatic rings. The van der Waals surface area contributed by atoms with Crippen molar-refractivity contribution < 1.29 is 14.3 Å². The highest BCUT2D eigenvalue weighted by Gasteiger charge is 2.51. The molecule has 0 radical (unpaired) electrons. The summed E-state index contributed by atoms with van der Waals surface area (Å²) in [6.45, 7) is -0.271. The molecular weight excluding hydrogens is 379 g/mol. The Hall–Kier alpha value is -3.15. The van der Waals surface area contributed by atoms with Gasteiger partial charge in [0.25, 0.3) is 5.91 Å². The lowest BCUT2D eigenvalue weighted by Crippen LogP contribution is -2.65. The van der Waals surface area contributed by atoms with Crippen LogP contribution in [0.5, 0.6) is 0 Å². The Labute approximate surface area is 175 Å². The second-order valence-electron chi connectivity index (χ2n) is 7.95. The Morgan fingerprint density at radius 3 is 2.53 bits per heavy atom. The van der Waals surface area contributed by atoms with Crippen LogP contribution in [0.25, 0.3) is 0 Å². The summed E-state index contributed by atoms with van der Waals surface area (Å²) in [4.78, 5) is 14.2. The van der Waals surface area contributed by atoms with Gasteiger partial charge in [0.2, 0.25) is 0 Å². The van der Waals surface area contributed by atoms with E-state index in [-0.39, 0.29) is 18.1 Å². The number of nitrogens with zero attached hydrogens (tertiary/aromatic N) is 2. The number of rotatable bonds is 3. The lowest BCUT2D eigenvalue weighted by molar-refractivity contribution is -0.00588. The van der Waals surface area contributed by atoms with Crippen molar-refractivity contribution in [3.63, 3.8) is 0 Å². The predicted octanol–water partition coefficient (Wildman–Crippen LogP) is 3.86. The maximum atomic E-state index is 13.5. The van der Waals surface area contributed by atoms with Gasteiger partial charge in [-0.3, -0.25) is 4.79 Å². The fraction of sp³-hybridized carbons (Fsp3) is 0.360. The number of aliphatic hydroxyl groups excluding tert-OH is 1. The van der Waals surface area contributed by atoms with E-state index in [1.807, 2.05) is 24.3 Å². The number of benzene rings is 2. The van der Waals surface area contributed by atoms with Crippen LogP contribution < -0.4 is 0 Å². The molecule has 1 aliphatic carbocycles. The number of halogens is 1. The number of hydrogen-bond donors (Lipinski definition) is 1. The smallest absolute Gasteiger partial charge is 0.255 e. The molecule has 152 valence electrons. The van der Waals surface area contributed by atoms with Crippen LogP contribution in [0.15, 0.2) is 48.5 Å². The zero-order valence-electron chi connectivity index (χ0n) is 16.6. The van der Waals surface area contributed by atoms with E-state index < -0.39 is 23.8 Å². The molecular formula is C25H23FN2O2. The van der Waals surface area contributed by atoms with Gasteiger partial charge in [-0.1, -0.05) is 42.9 Å². The summed E-state index contributed by atoms with van der Waals surface area (Å²) in [5.41, 5.74) is 1.98. The van der Waals surface area contributed by atoms with Gasteiger partial charge < -0.3 is 10.0 Å². The minimum atomic E-state index is -0.714. The fourth-order valence-corrected chi connectivity index (χ4v) is 4.50. The monoisotopic (exact) mass is 402 g/mol. The molecule has 4 rings (SSSR count). The molecule has 1 aliphatic heterocycles. The van der Waals surface area contributed by atoms with Crippen LogP contribution in [0, 0.1) is 34.9 Å². The number of aliphatic hydroxyl groups is 1. The molecule has 2 fully saturated rings. The summed E-state index contributed by atoms with van der Waals surface area (Å²) in [7, 11) is 0. The lowest BCUT2D eigenvalue weighted by atomic mass is 9.75. The SMILES string of the molecule is N#C[C@@H]1[C@H](c2ccc(C#CC3CCCC3)cc2)[C@H](CO)N1C(=O)c1cccc(F)c1. The van der Waals surface area contributed by atoms with E-state index in [0.717, 1.165) is 17.2 Å². The summed E-state index contributed by atoms with van der Waals surface area (Å²) in [6.07, 6.45) is 4.85. The molecule has 1 saturated carbocycles. The Bertz CT molecular complexity index is 1030. The summed E-state index contributed by atoms with van der Waals surface area (Å²) in [5, 5.41) is 19.6. The van der Waals surface area contributed by atoms with E-state index in [9.17, 15) is 19.6 Å². The fourth-order valence-electron chi connectivity index (χ4n) is 4.50. The highest BCUT2D eigenvalue weighted by molar-refractivity contribution is 5.95. The normalized spacial score (nSPS) is 23.2. The number of amides is 1. The van der Waals surface area contributed by atoms with Crippen molar-refractivity contribution in [3.8, 4) is 17.9 Å². The predicted molar refractivity (Wildman–Crippen MR) is 111 cm³/mol. The van der Waals surface area contributed by atoms with Gasteiger partial charge in [-0.2, -0.15) is 5.26 Å². The van der Waals surface area contributed by atoms with Gasteiger partial charge in [0, 0.05) is 23.0 Å². The molecule has 0 aromatic heterocycles. The largest absolute Gasteiger partial charge is 0.394 e. The highest BCUT2D eigenvalue weighted by atomic mass is 19.1. The van der Waals surface area contributed by atoms with Crippen LogP contribution in [-0.2, 0) is 0 Å². The number of carbonyl (C=O) groups is 1. The molecule has 0 spiro atoms. The molecule has 5 heteroatoms. The molecule has 0 bridgehead atoms. The van der Waals surface area contributed by atoms with E-state index in [1.165, 1.54) is 48.8 Å². The van der Waals surface area contributed by atoms with Crippen LogP contribution in [-0.4, -0.2) is 34.6 Å². The summed E-state index contributed by atoms with van der Waals surface area (Å²) in [6, 6.07) is 14.0. The quantitative estimate of drug-likeness (QED) is 0.793. The highest BCUT2D eigenvalue weighted by Crippen LogP contribution is 2.41. The van der Waals surface area contributed by atoms with Gasteiger partial charge in [0.15, 0.2) is 0 Å². The van der Waals surface area contributed by atoms with E-state index in [2.05, 4.69) is 17.9 Å². The first kappa shape index (κ1) is 20.1. The molecule has 30 heavy (non-hydrogen) atoms. The van der Waals surface area contributed by atoms with Crippen molar-refractivity contribution in [1.29, 1.82) is 5.26 Å². The van der Waals surface area contributed by atoms with Crippen molar-refractivity contribution >= 4 is 5.91 Å². The van der Waals surface area contributed by atoms with Gasteiger partial charge in [-0.05, 0) is 48.7 Å². The molecule has 1 heterocycles. The number of carbonyl (C=O) groups excluding carboxylic acids is 1. The van der Waals surface area contributed by atoms with E-state index in [4.69, 9.17) is 0 Å². The standard InChI is InChI=1S/C25H23FN2O2/c26-21-7-3-6-20(14-21)25(30)28-22(15-27)24(23(28)16-29)19-12-10-18(11-13-19)9-8-17-4-1-2-5-17/h3,6-7,10-14,17,22-24,29H,1-2,4-5,16H2/t22-,23+,24+/m1/s1. The van der Waals surface area contributed by atoms with E-state index in [1.54, 1.807) is 0 Å². The maximum absolute atomic E-state index is 13.5. The summed E-state index contributed by atoms with van der Waals surface area (Å²) in [5.74, 6) is 5.79. The maximum Gasteiger partial charge on any atom is 0.255 e. The second kappa shape index (κ2) is 8.69. The van der Waals surface area contributed by atoms with Crippen molar-refractivity contribution in [2.75, 3.05) is 6.61 Å². The third-order valence-corrected chi connectivity index (χ3v) is 6.11. The Balaban J connectivity index is 1.52. The van der Waals surface area contributed by atoms with Gasteiger partial charge in [-0.15, -0.1) is 0 Å². The van der Waals surface area contributed by atoms with E-state index in [0.29, 0.717) is 5.92 Å². The van der Waals surface area contributed by atoms with Crippen molar-refractivity contribution in [3.05, 3.63) is 71.0 Å². The number of hydrogen-bond acceptors (Lipinski definition) is 3. The van der Waals surface area contributed by atoms with Crippen molar-refractivity contribution in [2.45, 2.75) is 43.7 Å². The van der Waals surface area contributed by atoms with Crippen molar-refractivity contribution in [2.24, 2.45) is 5.92 Å². The van der Waals surface area contributed by atoms with Crippen molar-refractivity contribution in [1.82, 2.24) is 4.90 Å². The van der Waals surface area contributed by atoms with Crippen LogP contribution in [0.1, 0.15) is 53.1 Å². The average molecular weight is 402 g/mol. The molecule has 1 N–H and O–H groups in total. The molecule has 4 nitrogen and oxygen atoms in total. The van der Waals surface area contributed by atoms with Crippen LogP contribution in [0.4, 0.5) is 4.39 Å². The van der Waals surface area contributed by atoms with Gasteiger partial charge in [0.05, 0.1) is 18.7 Å². The first-order valence-electron chi connectivity index (χ1n) is 10.3. The van der Waals surface area contributed by atoms with Gasteiger partial charge in [-0.25, -0.2) is 4.39 Å².